The Kier molecular flexibility index (Phi) is 2.83. The van der Waals surface area contributed by atoms with E-state index in [1.807, 2.05) is 0 Å². The van der Waals surface area contributed by atoms with Crippen LogP contribution in [-0.2, 0) is 0 Å². The van der Waals surface area contributed by atoms with Crippen LogP contribution in [-0.4, -0.2) is 6.04 Å². The van der Waals surface area contributed by atoms with Crippen molar-refractivity contribution in [2.24, 2.45) is 35.3 Å². The molecule has 0 saturated heterocycles. The Balaban J connectivity index is 1.67. The molecule has 1 unspecified atom stereocenters. The molecule has 0 amide bonds. The minimum Gasteiger partial charge on any atom is -0.324 e. The molecular formula is C15H25N. The summed E-state index contributed by atoms with van der Waals surface area (Å²) >= 11 is 0. The lowest BCUT2D eigenvalue weighted by molar-refractivity contribution is -0.0405. The average molecular weight is 219 g/mol. The van der Waals surface area contributed by atoms with Crippen molar-refractivity contribution >= 4 is 0 Å². The van der Waals surface area contributed by atoms with Gasteiger partial charge in [-0.05, 0) is 75.0 Å². The molecule has 16 heavy (non-hydrogen) atoms. The first-order valence-corrected chi connectivity index (χ1v) is 7.14. The van der Waals surface area contributed by atoms with Crippen LogP contribution in [0.2, 0.25) is 0 Å². The summed E-state index contributed by atoms with van der Waals surface area (Å²) in [6.45, 7) is 2.08. The van der Waals surface area contributed by atoms with Crippen molar-refractivity contribution < 1.29 is 0 Å². The average Bonchev–Trinajstić information content (AvgIpc) is 2.23. The molecule has 1 nitrogen and oxygen atoms in total. The van der Waals surface area contributed by atoms with Crippen molar-refractivity contribution in [2.45, 2.75) is 51.5 Å². The third-order valence-corrected chi connectivity index (χ3v) is 5.41. The first-order chi connectivity index (χ1) is 7.76. The highest BCUT2D eigenvalue weighted by Crippen LogP contribution is 2.57. The van der Waals surface area contributed by atoms with Gasteiger partial charge in [-0.2, -0.15) is 0 Å². The summed E-state index contributed by atoms with van der Waals surface area (Å²) < 4.78 is 0. The molecule has 1 heteroatoms. The Morgan fingerprint density at radius 2 is 1.62 bits per heavy atom. The predicted molar refractivity (Wildman–Crippen MR) is 67.9 cm³/mol. The van der Waals surface area contributed by atoms with Gasteiger partial charge >= 0.3 is 0 Å². The zero-order valence-electron chi connectivity index (χ0n) is 10.4. The van der Waals surface area contributed by atoms with Gasteiger partial charge in [0.05, 0.1) is 0 Å². The Bertz CT molecular complexity index is 253. The molecule has 4 fully saturated rings. The second kappa shape index (κ2) is 4.18. The number of allylic oxidation sites excluding steroid dienone is 1. The fourth-order valence-corrected chi connectivity index (χ4v) is 5.06. The summed E-state index contributed by atoms with van der Waals surface area (Å²) in [6, 6.07) is 0.313. The van der Waals surface area contributed by atoms with E-state index in [1.54, 1.807) is 6.42 Å². The minimum absolute atomic E-state index is 0.313. The van der Waals surface area contributed by atoms with E-state index in [2.05, 4.69) is 19.1 Å². The number of hydrogen-bond donors (Lipinski definition) is 1. The van der Waals surface area contributed by atoms with Gasteiger partial charge in [-0.1, -0.05) is 12.2 Å². The summed E-state index contributed by atoms with van der Waals surface area (Å²) in [7, 11) is 0. The fraction of sp³-hybridized carbons (Fsp3) is 0.867. The lowest BCUT2D eigenvalue weighted by Gasteiger charge is -2.55. The van der Waals surface area contributed by atoms with Gasteiger partial charge in [-0.15, -0.1) is 0 Å². The molecule has 4 aliphatic carbocycles. The SMILES string of the molecule is C/C=C\C(N)CC1C2CC3CC(C2)CC1C3. The van der Waals surface area contributed by atoms with Crippen LogP contribution in [0.1, 0.15) is 45.4 Å². The van der Waals surface area contributed by atoms with Crippen LogP contribution in [0.25, 0.3) is 0 Å². The van der Waals surface area contributed by atoms with E-state index in [9.17, 15) is 0 Å². The van der Waals surface area contributed by atoms with E-state index in [0.29, 0.717) is 6.04 Å². The summed E-state index contributed by atoms with van der Waals surface area (Å²) in [4.78, 5) is 0. The van der Waals surface area contributed by atoms with E-state index < -0.39 is 0 Å². The smallest absolute Gasteiger partial charge is 0.0226 e. The molecule has 2 N–H and O–H groups in total. The molecule has 90 valence electrons. The maximum atomic E-state index is 6.18. The Labute approximate surface area is 99.5 Å². The molecule has 0 aliphatic heterocycles. The summed E-state index contributed by atoms with van der Waals surface area (Å²) in [6.07, 6.45) is 13.2. The monoisotopic (exact) mass is 219 g/mol. The van der Waals surface area contributed by atoms with Crippen LogP contribution >= 0.6 is 0 Å². The van der Waals surface area contributed by atoms with Crippen molar-refractivity contribution in [3.8, 4) is 0 Å². The van der Waals surface area contributed by atoms with Crippen molar-refractivity contribution in [1.29, 1.82) is 0 Å². The first-order valence-electron chi connectivity index (χ1n) is 7.14. The van der Waals surface area contributed by atoms with Crippen LogP contribution in [0.5, 0.6) is 0 Å². The van der Waals surface area contributed by atoms with E-state index in [-0.39, 0.29) is 0 Å². The van der Waals surface area contributed by atoms with Crippen molar-refractivity contribution in [2.75, 3.05) is 0 Å². The molecule has 0 radical (unpaired) electrons. The number of rotatable bonds is 3. The third kappa shape index (κ3) is 1.84. The minimum atomic E-state index is 0.313. The van der Waals surface area contributed by atoms with Gasteiger partial charge in [0.15, 0.2) is 0 Å². The molecule has 4 rings (SSSR count). The highest BCUT2D eigenvalue weighted by atomic mass is 14.6. The van der Waals surface area contributed by atoms with Gasteiger partial charge in [-0.25, -0.2) is 0 Å². The second-order valence-electron chi connectivity index (χ2n) is 6.52. The molecule has 4 saturated carbocycles. The molecule has 0 aromatic carbocycles. The lowest BCUT2D eigenvalue weighted by atomic mass is 9.51. The van der Waals surface area contributed by atoms with Crippen LogP contribution in [0.3, 0.4) is 0 Å². The van der Waals surface area contributed by atoms with E-state index in [4.69, 9.17) is 5.73 Å². The van der Waals surface area contributed by atoms with Gasteiger partial charge < -0.3 is 5.73 Å². The molecule has 0 aromatic heterocycles. The summed E-state index contributed by atoms with van der Waals surface area (Å²) in [5, 5.41) is 0. The predicted octanol–water partition coefficient (Wildman–Crippen LogP) is 3.35. The van der Waals surface area contributed by atoms with Crippen LogP contribution in [0.15, 0.2) is 12.2 Å². The number of hydrogen-bond acceptors (Lipinski definition) is 1. The highest BCUT2D eigenvalue weighted by molar-refractivity contribution is 5.01. The Morgan fingerprint density at radius 3 is 2.12 bits per heavy atom. The molecule has 0 aromatic rings. The Morgan fingerprint density at radius 1 is 1.06 bits per heavy atom. The summed E-state index contributed by atoms with van der Waals surface area (Å²) in [5.41, 5.74) is 6.18. The van der Waals surface area contributed by atoms with Crippen molar-refractivity contribution in [3.05, 3.63) is 12.2 Å². The molecule has 4 aliphatic rings. The largest absolute Gasteiger partial charge is 0.324 e. The maximum absolute atomic E-state index is 6.18. The van der Waals surface area contributed by atoms with Gasteiger partial charge in [0, 0.05) is 6.04 Å². The summed E-state index contributed by atoms with van der Waals surface area (Å²) in [5.74, 6) is 5.22. The first kappa shape index (κ1) is 10.8. The van der Waals surface area contributed by atoms with E-state index in [0.717, 1.165) is 29.6 Å². The van der Waals surface area contributed by atoms with Gasteiger partial charge in [0.2, 0.25) is 0 Å². The highest BCUT2D eigenvalue weighted by Gasteiger charge is 2.47. The fourth-order valence-electron chi connectivity index (χ4n) is 5.06. The third-order valence-electron chi connectivity index (χ3n) is 5.41. The van der Waals surface area contributed by atoms with Crippen molar-refractivity contribution in [1.82, 2.24) is 0 Å². The molecule has 4 bridgehead atoms. The quantitative estimate of drug-likeness (QED) is 0.724. The van der Waals surface area contributed by atoms with Gasteiger partial charge in [-0.3, -0.25) is 0 Å². The molecule has 1 atom stereocenters. The van der Waals surface area contributed by atoms with Crippen LogP contribution in [0.4, 0.5) is 0 Å². The van der Waals surface area contributed by atoms with E-state index >= 15 is 0 Å². The van der Waals surface area contributed by atoms with E-state index in [1.165, 1.54) is 32.1 Å². The normalized spacial score (nSPS) is 47.8. The zero-order chi connectivity index (χ0) is 11.1. The molecular weight excluding hydrogens is 194 g/mol. The molecule has 0 heterocycles. The Hall–Kier alpha value is -0.300. The lowest BCUT2D eigenvalue weighted by Crippen LogP contribution is -2.46. The van der Waals surface area contributed by atoms with Crippen molar-refractivity contribution in [3.63, 3.8) is 0 Å². The maximum Gasteiger partial charge on any atom is 0.0226 e. The van der Waals surface area contributed by atoms with Gasteiger partial charge in [0.1, 0.15) is 0 Å². The van der Waals surface area contributed by atoms with Crippen LogP contribution in [0, 0.1) is 29.6 Å². The molecule has 0 spiro atoms. The van der Waals surface area contributed by atoms with Gasteiger partial charge in [0.25, 0.3) is 0 Å². The number of nitrogens with two attached hydrogens (primary N) is 1. The zero-order valence-corrected chi connectivity index (χ0v) is 10.4. The second-order valence-corrected chi connectivity index (χ2v) is 6.52. The topological polar surface area (TPSA) is 26.0 Å². The van der Waals surface area contributed by atoms with Crippen LogP contribution < -0.4 is 5.73 Å². The standard InChI is InChI=1S/C15H25N/c1-2-3-14(16)9-15-12-5-10-4-11(7-12)8-13(15)6-10/h2-3,10-15H,4-9,16H2,1H3/b3-2-.